The number of hydrogen-bond donors (Lipinski definition) is 0. The maximum Gasteiger partial charge on any atom is 0.573 e. The first-order valence-electron chi connectivity index (χ1n) is 4.92. The molecule has 0 bridgehead atoms. The minimum atomic E-state index is -4.70. The summed E-state index contributed by atoms with van der Waals surface area (Å²) in [5, 5.41) is 0.321. The molecule has 0 unspecified atom stereocenters. The molecule has 94 valence electrons. The molecular weight excluding hydrogens is 267 g/mol. The van der Waals surface area contributed by atoms with Gasteiger partial charge in [-0.25, -0.2) is 4.98 Å². The number of benzene rings is 1. The predicted octanol–water partition coefficient (Wildman–Crippen LogP) is 4.30. The van der Waals surface area contributed by atoms with Gasteiger partial charge in [-0.1, -0.05) is 23.7 Å². The zero-order chi connectivity index (χ0) is 13.2. The molecule has 0 saturated heterocycles. The second kappa shape index (κ2) is 4.86. The quantitative estimate of drug-likeness (QED) is 0.761. The normalized spacial score (nSPS) is 11.3. The molecule has 18 heavy (non-hydrogen) atoms. The second-order valence-electron chi connectivity index (χ2n) is 3.45. The molecule has 0 radical (unpaired) electrons. The third-order valence-electron chi connectivity index (χ3n) is 2.13. The molecular formula is C12H7ClF3NO. The van der Waals surface area contributed by atoms with Crippen molar-refractivity contribution < 1.29 is 17.9 Å². The van der Waals surface area contributed by atoms with Gasteiger partial charge in [0.2, 0.25) is 0 Å². The van der Waals surface area contributed by atoms with Crippen molar-refractivity contribution in [2.45, 2.75) is 6.36 Å². The van der Waals surface area contributed by atoms with Crippen LogP contribution in [0.4, 0.5) is 13.2 Å². The zero-order valence-corrected chi connectivity index (χ0v) is 9.66. The highest BCUT2D eigenvalue weighted by molar-refractivity contribution is 6.29. The Bertz CT molecular complexity index is 540. The van der Waals surface area contributed by atoms with Crippen molar-refractivity contribution in [2.24, 2.45) is 0 Å². The average Bonchev–Trinajstić information content (AvgIpc) is 2.28. The summed E-state index contributed by atoms with van der Waals surface area (Å²) in [6.07, 6.45) is -3.22. The summed E-state index contributed by atoms with van der Waals surface area (Å²) < 4.78 is 40.1. The van der Waals surface area contributed by atoms with E-state index in [2.05, 4.69) is 9.72 Å². The summed E-state index contributed by atoms with van der Waals surface area (Å²) in [5.74, 6) is -0.269. The van der Waals surface area contributed by atoms with E-state index in [9.17, 15) is 13.2 Å². The molecule has 0 amide bonds. The fraction of sp³-hybridized carbons (Fsp3) is 0.0833. The van der Waals surface area contributed by atoms with Crippen molar-refractivity contribution >= 4 is 11.6 Å². The van der Waals surface area contributed by atoms with E-state index in [0.717, 1.165) is 0 Å². The first-order valence-corrected chi connectivity index (χ1v) is 5.29. The molecule has 0 atom stereocenters. The van der Waals surface area contributed by atoms with Crippen LogP contribution in [0.15, 0.2) is 42.6 Å². The summed E-state index contributed by atoms with van der Waals surface area (Å²) in [6, 6.07) is 8.90. The minimum absolute atomic E-state index is 0.269. The van der Waals surface area contributed by atoms with Crippen molar-refractivity contribution in [1.82, 2.24) is 4.98 Å². The van der Waals surface area contributed by atoms with Crippen LogP contribution in [0.25, 0.3) is 11.1 Å². The average molecular weight is 274 g/mol. The predicted molar refractivity (Wildman–Crippen MR) is 61.4 cm³/mol. The van der Waals surface area contributed by atoms with Crippen LogP contribution >= 0.6 is 11.6 Å². The highest BCUT2D eigenvalue weighted by Crippen LogP contribution is 2.27. The van der Waals surface area contributed by atoms with E-state index in [1.54, 1.807) is 18.2 Å². The lowest BCUT2D eigenvalue weighted by molar-refractivity contribution is -0.274. The Hall–Kier alpha value is -1.75. The zero-order valence-electron chi connectivity index (χ0n) is 8.91. The standard InChI is InChI=1S/C12H7ClF3NO/c13-11-5-4-9(7-17-11)8-2-1-3-10(6-8)18-12(14,15)16/h1-7H. The van der Waals surface area contributed by atoms with E-state index < -0.39 is 6.36 Å². The van der Waals surface area contributed by atoms with Crippen LogP contribution in [0.1, 0.15) is 0 Å². The van der Waals surface area contributed by atoms with Crippen LogP contribution in [0.3, 0.4) is 0 Å². The summed E-state index contributed by atoms with van der Waals surface area (Å²) in [4.78, 5) is 3.86. The molecule has 2 aromatic rings. The number of ether oxygens (including phenoxy) is 1. The van der Waals surface area contributed by atoms with Gasteiger partial charge in [-0.3, -0.25) is 0 Å². The van der Waals surface area contributed by atoms with E-state index in [4.69, 9.17) is 11.6 Å². The lowest BCUT2D eigenvalue weighted by atomic mass is 10.1. The highest BCUT2D eigenvalue weighted by Gasteiger charge is 2.31. The fourth-order valence-electron chi connectivity index (χ4n) is 1.42. The van der Waals surface area contributed by atoms with E-state index in [1.807, 2.05) is 0 Å². The Morgan fingerprint density at radius 2 is 1.83 bits per heavy atom. The largest absolute Gasteiger partial charge is 0.573 e. The molecule has 0 N–H and O–H groups in total. The van der Waals surface area contributed by atoms with E-state index in [-0.39, 0.29) is 5.75 Å². The van der Waals surface area contributed by atoms with E-state index in [0.29, 0.717) is 16.3 Å². The molecule has 0 aliphatic rings. The summed E-state index contributed by atoms with van der Waals surface area (Å²) >= 11 is 5.63. The molecule has 2 rings (SSSR count). The van der Waals surface area contributed by atoms with Crippen LogP contribution in [0, 0.1) is 0 Å². The van der Waals surface area contributed by atoms with Crippen molar-refractivity contribution in [2.75, 3.05) is 0 Å². The molecule has 1 aromatic carbocycles. The highest BCUT2D eigenvalue weighted by atomic mass is 35.5. The lowest BCUT2D eigenvalue weighted by Crippen LogP contribution is -2.17. The lowest BCUT2D eigenvalue weighted by Gasteiger charge is -2.10. The molecule has 0 aliphatic carbocycles. The number of aromatic nitrogens is 1. The number of alkyl halides is 3. The monoisotopic (exact) mass is 273 g/mol. The Balaban J connectivity index is 2.29. The van der Waals surface area contributed by atoms with Crippen molar-refractivity contribution in [3.05, 3.63) is 47.7 Å². The van der Waals surface area contributed by atoms with Crippen molar-refractivity contribution in [3.8, 4) is 16.9 Å². The van der Waals surface area contributed by atoms with Gasteiger partial charge in [0.1, 0.15) is 10.9 Å². The molecule has 0 fully saturated rings. The smallest absolute Gasteiger partial charge is 0.406 e. The number of halogens is 4. The Labute approximate surface area is 106 Å². The first kappa shape index (κ1) is 12.7. The Morgan fingerprint density at radius 1 is 1.06 bits per heavy atom. The third-order valence-corrected chi connectivity index (χ3v) is 2.35. The second-order valence-corrected chi connectivity index (χ2v) is 3.83. The molecule has 2 nitrogen and oxygen atoms in total. The van der Waals surface area contributed by atoms with Gasteiger partial charge in [0, 0.05) is 11.8 Å². The van der Waals surface area contributed by atoms with E-state index in [1.165, 1.54) is 24.4 Å². The molecule has 6 heteroatoms. The molecule has 1 heterocycles. The fourth-order valence-corrected chi connectivity index (χ4v) is 1.53. The van der Waals surface area contributed by atoms with Gasteiger partial charge in [0.15, 0.2) is 0 Å². The first-order chi connectivity index (χ1) is 8.44. The summed E-state index contributed by atoms with van der Waals surface area (Å²) in [7, 11) is 0. The van der Waals surface area contributed by atoms with E-state index >= 15 is 0 Å². The number of pyridine rings is 1. The van der Waals surface area contributed by atoms with Gasteiger partial charge in [0.05, 0.1) is 0 Å². The van der Waals surface area contributed by atoms with Crippen LogP contribution in [0.2, 0.25) is 5.15 Å². The SMILES string of the molecule is FC(F)(F)Oc1cccc(-c2ccc(Cl)nc2)c1. The van der Waals surface area contributed by atoms with Crippen LogP contribution < -0.4 is 4.74 Å². The third kappa shape index (κ3) is 3.37. The number of nitrogens with zero attached hydrogens (tertiary/aromatic N) is 1. The molecule has 0 spiro atoms. The maximum absolute atomic E-state index is 12.1. The topological polar surface area (TPSA) is 22.1 Å². The van der Waals surface area contributed by atoms with Crippen LogP contribution in [-0.2, 0) is 0 Å². The van der Waals surface area contributed by atoms with Gasteiger partial charge in [-0.05, 0) is 29.8 Å². The van der Waals surface area contributed by atoms with Crippen molar-refractivity contribution in [1.29, 1.82) is 0 Å². The summed E-state index contributed by atoms with van der Waals surface area (Å²) in [5.41, 5.74) is 1.23. The Morgan fingerprint density at radius 3 is 2.44 bits per heavy atom. The summed E-state index contributed by atoms with van der Waals surface area (Å²) in [6.45, 7) is 0. The minimum Gasteiger partial charge on any atom is -0.406 e. The Kier molecular flexibility index (Phi) is 3.43. The van der Waals surface area contributed by atoms with Gasteiger partial charge < -0.3 is 4.74 Å². The van der Waals surface area contributed by atoms with Gasteiger partial charge in [-0.2, -0.15) is 0 Å². The van der Waals surface area contributed by atoms with Crippen LogP contribution in [-0.4, -0.2) is 11.3 Å². The van der Waals surface area contributed by atoms with Gasteiger partial charge in [0.25, 0.3) is 0 Å². The maximum atomic E-state index is 12.1. The van der Waals surface area contributed by atoms with Crippen molar-refractivity contribution in [3.63, 3.8) is 0 Å². The van der Waals surface area contributed by atoms with Gasteiger partial charge >= 0.3 is 6.36 Å². The van der Waals surface area contributed by atoms with Gasteiger partial charge in [-0.15, -0.1) is 13.2 Å². The molecule has 0 aliphatic heterocycles. The number of hydrogen-bond acceptors (Lipinski definition) is 2. The molecule has 0 saturated carbocycles. The van der Waals surface area contributed by atoms with Crippen LogP contribution in [0.5, 0.6) is 5.75 Å². The molecule has 1 aromatic heterocycles. The number of rotatable bonds is 2.